The van der Waals surface area contributed by atoms with Crippen molar-refractivity contribution in [3.63, 3.8) is 0 Å². The van der Waals surface area contributed by atoms with E-state index in [4.69, 9.17) is 9.47 Å². The fraction of sp³-hybridized carbons (Fsp3) is 0.400. The molecule has 2 aliphatic rings. The zero-order valence-corrected chi connectivity index (χ0v) is 24.0. The van der Waals surface area contributed by atoms with E-state index in [1.165, 1.54) is 32.6 Å². The highest BCUT2D eigenvalue weighted by Crippen LogP contribution is 2.39. The smallest absolute Gasteiger partial charge is 0.217 e. The number of benzene rings is 3. The molecule has 3 aromatic rings. The van der Waals surface area contributed by atoms with Crippen LogP contribution >= 0.6 is 0 Å². The largest absolute Gasteiger partial charge is 0.392 e. The number of hydrogen-bond acceptors (Lipinski definition) is 5. The van der Waals surface area contributed by atoms with Gasteiger partial charge in [0.25, 0.3) is 0 Å². The minimum Gasteiger partial charge on any atom is -0.392 e. The van der Waals surface area contributed by atoms with Crippen molar-refractivity contribution in [3.8, 4) is 11.1 Å². The van der Waals surface area contributed by atoms with Gasteiger partial charge in [-0.3, -0.25) is 9.69 Å². The molecule has 216 valence electrons. The second-order valence-corrected chi connectivity index (χ2v) is 11.3. The predicted molar refractivity (Wildman–Crippen MR) is 162 cm³/mol. The monoisotopic (exact) mass is 554 g/mol. The second-order valence-electron chi connectivity index (χ2n) is 11.3. The number of nitrogens with zero attached hydrogens (tertiary/aromatic N) is 1. The molecule has 3 aromatic carbocycles. The van der Waals surface area contributed by atoms with E-state index in [1.54, 1.807) is 0 Å². The van der Waals surface area contributed by atoms with Gasteiger partial charge in [0.1, 0.15) is 0 Å². The van der Waals surface area contributed by atoms with E-state index in [1.807, 2.05) is 30.3 Å². The maximum Gasteiger partial charge on any atom is 0.217 e. The van der Waals surface area contributed by atoms with Crippen LogP contribution in [0.25, 0.3) is 11.1 Å². The third-order valence-electron chi connectivity index (χ3n) is 8.24. The van der Waals surface area contributed by atoms with E-state index in [0.29, 0.717) is 12.6 Å². The quantitative estimate of drug-likeness (QED) is 0.266. The molecule has 0 unspecified atom stereocenters. The number of aliphatic hydroxyl groups is 1. The fourth-order valence-corrected chi connectivity index (χ4v) is 6.02. The Morgan fingerprint density at radius 2 is 1.71 bits per heavy atom. The number of rotatable bonds is 11. The molecule has 1 aliphatic heterocycles. The maximum absolute atomic E-state index is 11.3. The van der Waals surface area contributed by atoms with Crippen molar-refractivity contribution in [2.45, 2.75) is 76.7 Å². The highest BCUT2D eigenvalue weighted by Gasteiger charge is 2.34. The van der Waals surface area contributed by atoms with Crippen LogP contribution in [0.1, 0.15) is 73.7 Å². The molecule has 6 nitrogen and oxygen atoms in total. The van der Waals surface area contributed by atoms with E-state index in [2.05, 4.69) is 65.3 Å². The highest BCUT2D eigenvalue weighted by molar-refractivity contribution is 5.73. The summed E-state index contributed by atoms with van der Waals surface area (Å²) in [4.78, 5) is 13.9. The van der Waals surface area contributed by atoms with Crippen molar-refractivity contribution in [2.24, 2.45) is 0 Å². The number of carbonyl (C=O) groups is 1. The van der Waals surface area contributed by atoms with Crippen molar-refractivity contribution < 1.29 is 19.4 Å². The van der Waals surface area contributed by atoms with Crippen molar-refractivity contribution in [3.05, 3.63) is 108 Å². The van der Waals surface area contributed by atoms with Crippen molar-refractivity contribution in [2.75, 3.05) is 13.1 Å². The second kappa shape index (κ2) is 14.1. The molecule has 3 atom stereocenters. The van der Waals surface area contributed by atoms with Gasteiger partial charge in [0.15, 0.2) is 6.29 Å². The predicted octanol–water partition coefficient (Wildman–Crippen LogP) is 6.46. The van der Waals surface area contributed by atoms with E-state index in [0.717, 1.165) is 52.9 Å². The van der Waals surface area contributed by atoms with Crippen molar-refractivity contribution >= 4 is 5.91 Å². The molecular weight excluding hydrogens is 512 g/mol. The molecule has 2 N–H and O–H groups in total. The van der Waals surface area contributed by atoms with Gasteiger partial charge in [-0.25, -0.2) is 0 Å². The third-order valence-corrected chi connectivity index (χ3v) is 8.24. The summed E-state index contributed by atoms with van der Waals surface area (Å²) in [6.07, 6.45) is 7.26. The SMILES string of the molecule is C=CCN(C[C@H]1C[C@@H](c2ccc(CO)cc2)O[C@@H](c2ccc(-c3cccc(CNC(C)=O)c3)cc2)O1)C1CCCC1. The summed E-state index contributed by atoms with van der Waals surface area (Å²) in [6, 6.07) is 25.3. The Bertz CT molecular complexity index is 1280. The number of aliphatic hydroxyl groups excluding tert-OH is 1. The summed E-state index contributed by atoms with van der Waals surface area (Å²) in [5.74, 6) is -0.0379. The van der Waals surface area contributed by atoms with Gasteiger partial charge in [-0.15, -0.1) is 6.58 Å². The van der Waals surface area contributed by atoms with E-state index in [-0.39, 0.29) is 24.7 Å². The maximum atomic E-state index is 11.3. The summed E-state index contributed by atoms with van der Waals surface area (Å²) in [6.45, 7) is 7.80. The summed E-state index contributed by atoms with van der Waals surface area (Å²) >= 11 is 0. The zero-order valence-electron chi connectivity index (χ0n) is 24.0. The van der Waals surface area contributed by atoms with E-state index < -0.39 is 6.29 Å². The molecule has 1 saturated carbocycles. The molecule has 0 bridgehead atoms. The molecule has 1 aliphatic carbocycles. The summed E-state index contributed by atoms with van der Waals surface area (Å²) in [5.41, 5.74) is 6.24. The van der Waals surface area contributed by atoms with Gasteiger partial charge in [-0.2, -0.15) is 0 Å². The Hall–Kier alpha value is -3.29. The summed E-state index contributed by atoms with van der Waals surface area (Å²) in [7, 11) is 0. The van der Waals surface area contributed by atoms with Crippen LogP contribution in [0.3, 0.4) is 0 Å². The Morgan fingerprint density at radius 3 is 2.39 bits per heavy atom. The first-order valence-corrected chi connectivity index (χ1v) is 14.8. The Kier molecular flexibility index (Phi) is 10.0. The summed E-state index contributed by atoms with van der Waals surface area (Å²) < 4.78 is 13.2. The summed E-state index contributed by atoms with van der Waals surface area (Å²) in [5, 5.41) is 12.4. The van der Waals surface area contributed by atoms with Gasteiger partial charge in [0.2, 0.25) is 5.91 Å². The van der Waals surface area contributed by atoms with Crippen molar-refractivity contribution in [1.29, 1.82) is 0 Å². The van der Waals surface area contributed by atoms with Gasteiger partial charge < -0.3 is 19.9 Å². The molecule has 6 heteroatoms. The standard InChI is InChI=1S/C35H42N2O4/c1-3-19-37(32-9-4-5-10-32)23-33-21-34(29-13-11-26(24-38)12-14-29)41-35(40-33)30-17-15-28(16-18-30)31-8-6-7-27(20-31)22-36-25(2)39/h3,6-8,11-18,20,32-35,38H,1,4-5,9-10,19,21-24H2,2H3,(H,36,39)/t33-,34+,35+/m1/s1. The van der Waals surface area contributed by atoms with Crippen LogP contribution in [0.5, 0.6) is 0 Å². The number of carbonyl (C=O) groups excluding carboxylic acids is 1. The Morgan fingerprint density at radius 1 is 0.976 bits per heavy atom. The molecule has 1 heterocycles. The van der Waals surface area contributed by atoms with Crippen LogP contribution in [0.2, 0.25) is 0 Å². The van der Waals surface area contributed by atoms with Crippen LogP contribution in [0.4, 0.5) is 0 Å². The van der Waals surface area contributed by atoms with Crippen LogP contribution in [0.15, 0.2) is 85.5 Å². The molecule has 5 rings (SSSR count). The van der Waals surface area contributed by atoms with Gasteiger partial charge in [0.05, 0.1) is 18.8 Å². The fourth-order valence-electron chi connectivity index (χ4n) is 6.02. The molecule has 0 aromatic heterocycles. The van der Waals surface area contributed by atoms with Gasteiger partial charge in [-0.1, -0.05) is 85.6 Å². The molecule has 2 fully saturated rings. The first kappa shape index (κ1) is 29.2. The lowest BCUT2D eigenvalue weighted by atomic mass is 9.98. The van der Waals surface area contributed by atoms with Gasteiger partial charge in [0, 0.05) is 44.6 Å². The van der Waals surface area contributed by atoms with E-state index in [9.17, 15) is 9.90 Å². The molecule has 1 amide bonds. The van der Waals surface area contributed by atoms with Crippen LogP contribution in [0, 0.1) is 0 Å². The average Bonchev–Trinajstić information content (AvgIpc) is 3.55. The highest BCUT2D eigenvalue weighted by atomic mass is 16.7. The van der Waals surface area contributed by atoms with Gasteiger partial charge in [-0.05, 0) is 46.7 Å². The minimum absolute atomic E-state index is 0.0157. The van der Waals surface area contributed by atoms with Gasteiger partial charge >= 0.3 is 0 Å². The first-order chi connectivity index (χ1) is 20.0. The lowest BCUT2D eigenvalue weighted by Crippen LogP contribution is -2.43. The number of nitrogens with one attached hydrogen (secondary N) is 1. The lowest BCUT2D eigenvalue weighted by Gasteiger charge is -2.39. The van der Waals surface area contributed by atoms with Crippen LogP contribution in [-0.4, -0.2) is 41.1 Å². The number of ether oxygens (including phenoxy) is 2. The minimum atomic E-state index is -0.481. The Labute approximate surface area is 244 Å². The Balaban J connectivity index is 1.35. The molecule has 41 heavy (non-hydrogen) atoms. The molecular formula is C35H42N2O4. The zero-order chi connectivity index (χ0) is 28.6. The lowest BCUT2D eigenvalue weighted by molar-refractivity contribution is -0.253. The molecule has 0 radical (unpaired) electrons. The molecule has 1 saturated heterocycles. The number of hydrogen-bond donors (Lipinski definition) is 2. The first-order valence-electron chi connectivity index (χ1n) is 14.8. The van der Waals surface area contributed by atoms with Crippen LogP contribution in [-0.2, 0) is 27.4 Å². The molecule has 0 spiro atoms. The third kappa shape index (κ3) is 7.72. The average molecular weight is 555 g/mol. The normalized spacial score (nSPS) is 21.2. The van der Waals surface area contributed by atoms with Crippen LogP contribution < -0.4 is 5.32 Å². The topological polar surface area (TPSA) is 71.0 Å². The van der Waals surface area contributed by atoms with Crippen molar-refractivity contribution in [1.82, 2.24) is 10.2 Å². The number of amides is 1. The van der Waals surface area contributed by atoms with E-state index >= 15 is 0 Å².